The van der Waals surface area contributed by atoms with Gasteiger partial charge in [-0.05, 0) is 19.1 Å². The number of nitrogens with zero attached hydrogens (tertiary/aromatic N) is 3. The van der Waals surface area contributed by atoms with Gasteiger partial charge in [-0.15, -0.1) is 0 Å². The first-order valence-corrected chi connectivity index (χ1v) is 7.38. The van der Waals surface area contributed by atoms with Gasteiger partial charge in [0, 0.05) is 13.1 Å². The third kappa shape index (κ3) is 4.69. The average molecular weight is 363 g/mol. The molecule has 26 heavy (non-hydrogen) atoms. The van der Waals surface area contributed by atoms with Gasteiger partial charge in [0.25, 0.3) is 5.69 Å². The number of nitro benzene ring substituents is 1. The summed E-state index contributed by atoms with van der Waals surface area (Å²) in [7, 11) is 2.75. The molecule has 0 bridgehead atoms. The Morgan fingerprint density at radius 1 is 1.35 bits per heavy atom. The lowest BCUT2D eigenvalue weighted by molar-refractivity contribution is -0.384. The fourth-order valence-corrected chi connectivity index (χ4v) is 2.00. The summed E-state index contributed by atoms with van der Waals surface area (Å²) in [5.41, 5.74) is -0.339. The van der Waals surface area contributed by atoms with Crippen molar-refractivity contribution in [3.05, 3.63) is 40.1 Å². The summed E-state index contributed by atoms with van der Waals surface area (Å²) in [6.45, 7) is 1.38. The number of benzene rings is 1. The van der Waals surface area contributed by atoms with Crippen LogP contribution in [0, 0.1) is 17.0 Å². The molecule has 11 heteroatoms. The lowest BCUT2D eigenvalue weighted by Crippen LogP contribution is -2.37. The zero-order valence-electron chi connectivity index (χ0n) is 14.3. The van der Waals surface area contributed by atoms with Crippen LogP contribution in [0.25, 0.3) is 0 Å². The number of anilines is 2. The third-order valence-corrected chi connectivity index (χ3v) is 3.27. The number of ether oxygens (including phenoxy) is 1. The molecule has 0 spiro atoms. The van der Waals surface area contributed by atoms with Crippen LogP contribution in [0.15, 0.2) is 28.8 Å². The van der Waals surface area contributed by atoms with Crippen LogP contribution in [0.3, 0.4) is 0 Å². The summed E-state index contributed by atoms with van der Waals surface area (Å²) in [5.74, 6) is 0.538. The maximum Gasteiger partial charge on any atom is 0.322 e. The van der Waals surface area contributed by atoms with Crippen LogP contribution in [0.2, 0.25) is 0 Å². The molecule has 0 fully saturated rings. The smallest absolute Gasteiger partial charge is 0.322 e. The summed E-state index contributed by atoms with van der Waals surface area (Å²) < 4.78 is 9.75. The Balaban J connectivity index is 2.00. The first-order chi connectivity index (χ1) is 12.3. The lowest BCUT2D eigenvalue weighted by atomic mass is 10.2. The first kappa shape index (κ1) is 18.7. The molecule has 1 aromatic carbocycles. The highest BCUT2D eigenvalue weighted by Crippen LogP contribution is 2.29. The molecule has 0 saturated heterocycles. The molecule has 0 atom stereocenters. The number of aryl methyl sites for hydroxylation is 1. The van der Waals surface area contributed by atoms with Crippen LogP contribution >= 0.6 is 0 Å². The molecule has 2 aromatic rings. The maximum atomic E-state index is 12.2. The van der Waals surface area contributed by atoms with Gasteiger partial charge >= 0.3 is 6.03 Å². The molecular weight excluding hydrogens is 346 g/mol. The highest BCUT2D eigenvalue weighted by atomic mass is 16.6. The number of amides is 3. The van der Waals surface area contributed by atoms with E-state index in [1.54, 1.807) is 6.92 Å². The number of rotatable bonds is 6. The number of aromatic nitrogens is 1. The van der Waals surface area contributed by atoms with Crippen LogP contribution in [0.5, 0.6) is 5.75 Å². The van der Waals surface area contributed by atoms with Gasteiger partial charge in [-0.2, -0.15) is 0 Å². The average Bonchev–Trinajstić information content (AvgIpc) is 2.99. The minimum Gasteiger partial charge on any atom is -0.496 e. The predicted molar refractivity (Wildman–Crippen MR) is 91.2 cm³/mol. The summed E-state index contributed by atoms with van der Waals surface area (Å²) in [6.07, 6.45) is 0. The Morgan fingerprint density at radius 3 is 2.65 bits per heavy atom. The van der Waals surface area contributed by atoms with Gasteiger partial charge < -0.3 is 24.8 Å². The van der Waals surface area contributed by atoms with Crippen molar-refractivity contribution < 1.29 is 23.8 Å². The van der Waals surface area contributed by atoms with E-state index in [9.17, 15) is 19.7 Å². The van der Waals surface area contributed by atoms with E-state index in [0.29, 0.717) is 5.76 Å². The molecule has 11 nitrogen and oxygen atoms in total. The van der Waals surface area contributed by atoms with E-state index < -0.39 is 16.9 Å². The maximum absolute atomic E-state index is 12.2. The van der Waals surface area contributed by atoms with Crippen molar-refractivity contribution in [3.63, 3.8) is 0 Å². The lowest BCUT2D eigenvalue weighted by Gasteiger charge is -2.17. The minimum atomic E-state index is -0.690. The number of nitrogens with one attached hydrogen (secondary N) is 2. The van der Waals surface area contributed by atoms with Gasteiger partial charge in [0.05, 0.1) is 18.1 Å². The van der Waals surface area contributed by atoms with Crippen LogP contribution in [0.1, 0.15) is 5.76 Å². The van der Waals surface area contributed by atoms with Gasteiger partial charge in [-0.1, -0.05) is 5.16 Å². The zero-order chi connectivity index (χ0) is 19.3. The molecule has 0 saturated carbocycles. The monoisotopic (exact) mass is 363 g/mol. The van der Waals surface area contributed by atoms with Crippen molar-refractivity contribution in [3.8, 4) is 5.75 Å². The van der Waals surface area contributed by atoms with Crippen LogP contribution in [-0.2, 0) is 4.79 Å². The predicted octanol–water partition coefficient (Wildman–Crippen LogP) is 2.00. The van der Waals surface area contributed by atoms with Gasteiger partial charge in [0.1, 0.15) is 23.7 Å². The Kier molecular flexibility index (Phi) is 5.73. The Labute approximate surface area is 148 Å². The van der Waals surface area contributed by atoms with Crippen LogP contribution < -0.4 is 15.4 Å². The van der Waals surface area contributed by atoms with Gasteiger partial charge in [0.15, 0.2) is 5.82 Å². The molecule has 0 aliphatic heterocycles. The van der Waals surface area contributed by atoms with E-state index in [4.69, 9.17) is 9.26 Å². The van der Waals surface area contributed by atoms with E-state index in [1.807, 2.05) is 0 Å². The van der Waals surface area contributed by atoms with Gasteiger partial charge in [0.2, 0.25) is 5.91 Å². The van der Waals surface area contributed by atoms with Crippen LogP contribution in [0.4, 0.5) is 22.0 Å². The molecule has 2 N–H and O–H groups in total. The summed E-state index contributed by atoms with van der Waals surface area (Å²) >= 11 is 0. The Hall–Kier alpha value is -3.63. The highest BCUT2D eigenvalue weighted by Gasteiger charge is 2.20. The largest absolute Gasteiger partial charge is 0.496 e. The number of likely N-dealkylation sites (N-methyl/N-ethyl adjacent to an activating group) is 1. The van der Waals surface area contributed by atoms with Crippen LogP contribution in [-0.4, -0.2) is 47.6 Å². The fourth-order valence-electron chi connectivity index (χ4n) is 2.00. The Morgan fingerprint density at radius 2 is 2.08 bits per heavy atom. The number of urea groups is 1. The van der Waals surface area contributed by atoms with E-state index in [1.165, 1.54) is 38.4 Å². The summed E-state index contributed by atoms with van der Waals surface area (Å²) in [6, 6.07) is 4.85. The second-order valence-electron chi connectivity index (χ2n) is 5.30. The fraction of sp³-hybridized carbons (Fsp3) is 0.267. The van der Waals surface area contributed by atoms with Gasteiger partial charge in [-0.25, -0.2) is 4.79 Å². The minimum absolute atomic E-state index is 0.0137. The molecular formula is C15H17N5O6. The molecule has 2 rings (SSSR count). The molecule has 0 aliphatic carbocycles. The summed E-state index contributed by atoms with van der Waals surface area (Å²) in [5, 5.41) is 19.6. The number of nitro groups is 1. The second-order valence-corrected chi connectivity index (χ2v) is 5.30. The quantitative estimate of drug-likeness (QED) is 0.591. The number of hydrogen-bond acceptors (Lipinski definition) is 7. The summed E-state index contributed by atoms with van der Waals surface area (Å²) in [4.78, 5) is 35.6. The number of carbonyl (C=O) groups is 2. The van der Waals surface area contributed by atoms with Crippen molar-refractivity contribution in [2.24, 2.45) is 0 Å². The second kappa shape index (κ2) is 7.96. The number of carbonyl (C=O) groups excluding carboxylic acids is 2. The zero-order valence-corrected chi connectivity index (χ0v) is 14.3. The molecule has 0 radical (unpaired) electrons. The van der Waals surface area contributed by atoms with E-state index in [2.05, 4.69) is 15.8 Å². The number of hydrogen-bond donors (Lipinski definition) is 2. The van der Waals surface area contributed by atoms with Crippen molar-refractivity contribution in [1.29, 1.82) is 0 Å². The third-order valence-electron chi connectivity index (χ3n) is 3.27. The SMILES string of the molecule is COc1ccc(NC(=O)N(C)CC(=O)Nc2cc(C)on2)c([N+](=O)[O-])c1. The van der Waals surface area contributed by atoms with E-state index in [0.717, 1.165) is 4.90 Å². The van der Waals surface area contributed by atoms with Crippen molar-refractivity contribution in [1.82, 2.24) is 10.1 Å². The molecule has 138 valence electrons. The van der Waals surface area contributed by atoms with Gasteiger partial charge in [-0.3, -0.25) is 14.9 Å². The molecule has 1 heterocycles. The number of methoxy groups -OCH3 is 1. The van der Waals surface area contributed by atoms with E-state index >= 15 is 0 Å². The van der Waals surface area contributed by atoms with Crippen molar-refractivity contribution in [2.75, 3.05) is 31.3 Å². The van der Waals surface area contributed by atoms with Crippen molar-refractivity contribution >= 4 is 29.1 Å². The van der Waals surface area contributed by atoms with Crippen molar-refractivity contribution in [2.45, 2.75) is 6.92 Å². The molecule has 3 amide bonds. The Bertz CT molecular complexity index is 834. The molecule has 0 unspecified atom stereocenters. The molecule has 0 aliphatic rings. The topological polar surface area (TPSA) is 140 Å². The standard InChI is InChI=1S/C15H17N5O6/c1-9-6-13(18-26-9)17-14(21)8-19(2)15(22)16-11-5-4-10(25-3)7-12(11)20(23)24/h4-7H,8H2,1-3H3,(H,16,22)(H,17,18,21). The van der Waals surface area contributed by atoms with E-state index in [-0.39, 0.29) is 29.5 Å². The highest BCUT2D eigenvalue weighted by molar-refractivity contribution is 5.97. The first-order valence-electron chi connectivity index (χ1n) is 7.38. The normalized spacial score (nSPS) is 10.1. The molecule has 1 aromatic heterocycles.